The van der Waals surface area contributed by atoms with Gasteiger partial charge in [-0.25, -0.2) is 14.6 Å². The molecule has 0 N–H and O–H groups in total. The van der Waals surface area contributed by atoms with Gasteiger partial charge in [0.25, 0.3) is 11.2 Å². The highest BCUT2D eigenvalue weighted by atomic mass is 16.6. The van der Waals surface area contributed by atoms with E-state index in [2.05, 4.69) is 4.98 Å². The summed E-state index contributed by atoms with van der Waals surface area (Å²) in [5.41, 5.74) is 1.38. The molecule has 2 aliphatic heterocycles. The quantitative estimate of drug-likeness (QED) is 0.200. The maximum atomic E-state index is 13.6. The van der Waals surface area contributed by atoms with Crippen LogP contribution in [0.15, 0.2) is 59.4 Å². The number of hydrogen-bond acceptors (Lipinski definition) is 8. The Morgan fingerprint density at radius 3 is 2.66 bits per heavy atom. The minimum Gasteiger partial charge on any atom is -0.457 e. The molecule has 0 saturated carbocycles. The molecule has 4 aromatic rings. The predicted octanol–water partition coefficient (Wildman–Crippen LogP) is 4.16. The third-order valence-electron chi connectivity index (χ3n) is 7.25. The fourth-order valence-corrected chi connectivity index (χ4v) is 5.21. The normalized spacial score (nSPS) is 17.4. The molecule has 1 atom stereocenters. The van der Waals surface area contributed by atoms with Crippen molar-refractivity contribution in [2.45, 2.75) is 39.0 Å². The lowest BCUT2D eigenvalue weighted by molar-refractivity contribution is -0.383. The predicted molar refractivity (Wildman–Crippen MR) is 136 cm³/mol. The zero-order valence-corrected chi connectivity index (χ0v) is 20.5. The summed E-state index contributed by atoms with van der Waals surface area (Å²) < 4.78 is 12.7. The molecule has 10 heteroatoms. The average molecular weight is 511 g/mol. The van der Waals surface area contributed by atoms with Crippen molar-refractivity contribution < 1.29 is 24.0 Å². The smallest absolute Gasteiger partial charge is 0.355 e. The molecule has 0 bridgehead atoms. The molecule has 0 aliphatic carbocycles. The zero-order chi connectivity index (χ0) is 26.8. The van der Waals surface area contributed by atoms with E-state index < -0.39 is 28.0 Å². The van der Waals surface area contributed by atoms with E-state index in [-0.39, 0.29) is 42.0 Å². The number of aromatic nitrogens is 2. The molecule has 190 valence electrons. The Labute approximate surface area is 215 Å². The summed E-state index contributed by atoms with van der Waals surface area (Å²) in [5.74, 6) is -1.47. The van der Waals surface area contributed by atoms with Gasteiger partial charge in [0, 0.05) is 17.2 Å². The van der Waals surface area contributed by atoms with E-state index in [9.17, 15) is 24.5 Å². The summed E-state index contributed by atoms with van der Waals surface area (Å²) in [6.45, 7) is 3.47. The second kappa shape index (κ2) is 8.34. The average Bonchev–Trinajstić information content (AvgIpc) is 3.27. The van der Waals surface area contributed by atoms with Crippen LogP contribution in [0.5, 0.6) is 0 Å². The lowest BCUT2D eigenvalue weighted by atomic mass is 9.85. The number of aryl methyl sites for hydroxylation is 1. The van der Waals surface area contributed by atoms with Crippen LogP contribution in [-0.4, -0.2) is 26.4 Å². The molecule has 0 unspecified atom stereocenters. The standard InChI is InChI=1S/C28H21N3O7/c1-3-28(38-26(33)16-9-7-15(2)8-10-16)20-12-23-24-17(13-30(23)25(32)19(20)14-37-27(28)34)11-18-21(29-24)5-4-6-22(18)31(35)36/h4-12H,3,13-14H2,1-2H3/t28-/m0/s1. The van der Waals surface area contributed by atoms with Crippen LogP contribution in [0.4, 0.5) is 5.69 Å². The van der Waals surface area contributed by atoms with Crippen molar-refractivity contribution in [3.8, 4) is 11.4 Å². The van der Waals surface area contributed by atoms with Gasteiger partial charge in [0.2, 0.25) is 5.60 Å². The van der Waals surface area contributed by atoms with Crippen LogP contribution >= 0.6 is 0 Å². The summed E-state index contributed by atoms with van der Waals surface area (Å²) in [4.78, 5) is 55.7. The molecule has 2 aliphatic rings. The van der Waals surface area contributed by atoms with Gasteiger partial charge < -0.3 is 14.0 Å². The second-order valence-electron chi connectivity index (χ2n) is 9.42. The van der Waals surface area contributed by atoms with Crippen molar-refractivity contribution >= 4 is 28.5 Å². The van der Waals surface area contributed by atoms with Crippen molar-refractivity contribution in [2.75, 3.05) is 0 Å². The molecule has 6 rings (SSSR count). The summed E-state index contributed by atoms with van der Waals surface area (Å²) >= 11 is 0. The molecule has 0 fully saturated rings. The Balaban J connectivity index is 1.52. The lowest BCUT2D eigenvalue weighted by Gasteiger charge is -2.35. The number of carbonyl (C=O) groups excluding carboxylic acids is 2. The van der Waals surface area contributed by atoms with Crippen LogP contribution in [0.2, 0.25) is 0 Å². The molecule has 2 aromatic heterocycles. The minimum atomic E-state index is -1.82. The van der Waals surface area contributed by atoms with Crippen LogP contribution in [-0.2, 0) is 33.0 Å². The van der Waals surface area contributed by atoms with E-state index in [4.69, 9.17) is 9.47 Å². The lowest BCUT2D eigenvalue weighted by Crippen LogP contribution is -2.47. The number of fused-ring (bicyclic) bond motifs is 5. The molecule has 0 spiro atoms. The van der Waals surface area contributed by atoms with E-state index >= 15 is 0 Å². The SMILES string of the molecule is CC[C@@]1(OC(=O)c2ccc(C)cc2)C(=O)OCc2c1cc1n(c2=O)Cc2cc3c([N+](=O)[O-])cccc3nc2-1. The molecular formula is C28H21N3O7. The van der Waals surface area contributed by atoms with Crippen molar-refractivity contribution in [1.29, 1.82) is 0 Å². The monoisotopic (exact) mass is 511 g/mol. The van der Waals surface area contributed by atoms with Gasteiger partial charge in [-0.3, -0.25) is 14.9 Å². The van der Waals surface area contributed by atoms with Crippen LogP contribution in [0.3, 0.4) is 0 Å². The van der Waals surface area contributed by atoms with Crippen molar-refractivity contribution in [1.82, 2.24) is 9.55 Å². The van der Waals surface area contributed by atoms with Gasteiger partial charge in [-0.2, -0.15) is 0 Å². The number of nitro benzene ring substituents is 1. The van der Waals surface area contributed by atoms with E-state index in [1.165, 1.54) is 10.6 Å². The van der Waals surface area contributed by atoms with Crippen LogP contribution < -0.4 is 5.56 Å². The Kier molecular flexibility index (Phi) is 5.16. The van der Waals surface area contributed by atoms with Gasteiger partial charge in [0.05, 0.1) is 44.9 Å². The first-order valence-electron chi connectivity index (χ1n) is 12.1. The Morgan fingerprint density at radius 1 is 1.18 bits per heavy atom. The van der Waals surface area contributed by atoms with Crippen molar-refractivity contribution in [3.63, 3.8) is 0 Å². The summed E-state index contributed by atoms with van der Waals surface area (Å²) in [6.07, 6.45) is 0.0452. The van der Waals surface area contributed by atoms with Gasteiger partial charge in [-0.1, -0.05) is 30.7 Å². The number of cyclic esters (lactones) is 1. The molecule has 2 aromatic carbocycles. The number of pyridine rings is 2. The number of hydrogen-bond donors (Lipinski definition) is 0. The van der Waals surface area contributed by atoms with E-state index in [0.717, 1.165) is 5.56 Å². The number of rotatable bonds is 4. The number of nitro groups is 1. The number of benzene rings is 2. The molecule has 10 nitrogen and oxygen atoms in total. The van der Waals surface area contributed by atoms with Crippen LogP contribution in [0.25, 0.3) is 22.3 Å². The highest BCUT2D eigenvalue weighted by Gasteiger charge is 2.50. The number of carbonyl (C=O) groups is 2. The Bertz CT molecular complexity index is 1760. The zero-order valence-electron chi connectivity index (χ0n) is 20.5. The molecule has 4 heterocycles. The van der Waals surface area contributed by atoms with Crippen LogP contribution in [0, 0.1) is 17.0 Å². The Morgan fingerprint density at radius 2 is 1.95 bits per heavy atom. The van der Waals surface area contributed by atoms with E-state index in [1.54, 1.807) is 55.5 Å². The van der Waals surface area contributed by atoms with Gasteiger partial charge >= 0.3 is 11.9 Å². The third-order valence-corrected chi connectivity index (χ3v) is 7.25. The van der Waals surface area contributed by atoms with Gasteiger partial charge in [0.1, 0.15) is 6.61 Å². The van der Waals surface area contributed by atoms with E-state index in [0.29, 0.717) is 27.9 Å². The number of esters is 2. The molecule has 0 amide bonds. The van der Waals surface area contributed by atoms with Crippen molar-refractivity contribution in [3.05, 3.63) is 103 Å². The maximum absolute atomic E-state index is 13.6. The molecule has 0 radical (unpaired) electrons. The topological polar surface area (TPSA) is 131 Å². The van der Waals surface area contributed by atoms with Gasteiger partial charge in [-0.15, -0.1) is 0 Å². The first-order valence-corrected chi connectivity index (χ1v) is 12.1. The first-order chi connectivity index (χ1) is 18.2. The fraction of sp³-hybridized carbons (Fsp3) is 0.214. The summed E-state index contributed by atoms with van der Waals surface area (Å²) in [5, 5.41) is 11.9. The van der Waals surface area contributed by atoms with Crippen molar-refractivity contribution in [2.24, 2.45) is 0 Å². The van der Waals surface area contributed by atoms with Crippen LogP contribution in [0.1, 0.15) is 46.0 Å². The number of nitrogens with zero attached hydrogens (tertiary/aromatic N) is 3. The van der Waals surface area contributed by atoms with E-state index in [1.807, 2.05) is 6.92 Å². The highest BCUT2D eigenvalue weighted by molar-refractivity contribution is 5.94. The highest BCUT2D eigenvalue weighted by Crippen LogP contribution is 2.41. The maximum Gasteiger partial charge on any atom is 0.355 e. The summed E-state index contributed by atoms with van der Waals surface area (Å²) in [6, 6.07) is 14.7. The summed E-state index contributed by atoms with van der Waals surface area (Å²) in [7, 11) is 0. The molecular weight excluding hydrogens is 490 g/mol. The second-order valence-corrected chi connectivity index (χ2v) is 9.42. The fourth-order valence-electron chi connectivity index (χ4n) is 5.21. The minimum absolute atomic E-state index is 0.0452. The van der Waals surface area contributed by atoms with Gasteiger partial charge in [-0.05, 0) is 43.7 Å². The number of non-ortho nitro benzene ring substituents is 1. The molecule has 0 saturated heterocycles. The van der Waals surface area contributed by atoms with Gasteiger partial charge in [0.15, 0.2) is 0 Å². The molecule has 38 heavy (non-hydrogen) atoms. The third kappa shape index (κ3) is 3.33. The largest absolute Gasteiger partial charge is 0.457 e. The Hall–Kier alpha value is -4.86. The number of ether oxygens (including phenoxy) is 2. The first kappa shape index (κ1) is 23.5.